The summed E-state index contributed by atoms with van der Waals surface area (Å²) in [6.07, 6.45) is 0. The Kier molecular flexibility index (Phi) is 8.60. The first-order valence-electron chi connectivity index (χ1n) is 12.6. The minimum atomic E-state index is -0.509. The number of esters is 2. The molecule has 0 aromatic heterocycles. The second-order valence-electron chi connectivity index (χ2n) is 9.47. The van der Waals surface area contributed by atoms with Gasteiger partial charge in [-0.2, -0.15) is 0 Å². The number of hydrogen-bond donors (Lipinski definition) is 0. The monoisotopic (exact) mass is 536 g/mol. The van der Waals surface area contributed by atoms with Crippen LogP contribution in [0.5, 0.6) is 17.2 Å². The van der Waals surface area contributed by atoms with Gasteiger partial charge in [0.15, 0.2) is 0 Å². The highest BCUT2D eigenvalue weighted by Gasteiger charge is 2.11. The first-order chi connectivity index (χ1) is 19.1. The van der Waals surface area contributed by atoms with Crippen LogP contribution in [0.2, 0.25) is 0 Å². The van der Waals surface area contributed by atoms with E-state index < -0.39 is 11.9 Å². The molecule has 4 rings (SSSR count). The van der Waals surface area contributed by atoms with Crippen LogP contribution < -0.4 is 14.2 Å². The van der Waals surface area contributed by atoms with E-state index in [0.29, 0.717) is 45.1 Å². The van der Waals surface area contributed by atoms with Gasteiger partial charge in [-0.15, -0.1) is 0 Å². The zero-order valence-corrected chi connectivity index (χ0v) is 22.6. The maximum Gasteiger partial charge on any atom is 0.338 e. The standard InChI is InChI=1S/C34H29FO5/c1-21(2)33(36)39-27-11-7-25(8-12-27)30-17-15-29(18-23(30)5)38-20-24-6-16-31(32(35)19-24)26-9-13-28(14-10-26)40-34(37)22(3)4/h6-19H,1,3,20H2,2,4-5H3. The van der Waals surface area contributed by atoms with Gasteiger partial charge >= 0.3 is 11.9 Å². The molecule has 40 heavy (non-hydrogen) atoms. The SMILES string of the molecule is C=C(C)C(=O)Oc1ccc(-c2ccc(OCc3ccc(-c4ccc(OC(=O)C(=C)C)cc4)c(F)c3)cc2C)cc1. The van der Waals surface area contributed by atoms with Crippen LogP contribution in [0.15, 0.2) is 109 Å². The van der Waals surface area contributed by atoms with Crippen LogP contribution in [0.4, 0.5) is 4.39 Å². The van der Waals surface area contributed by atoms with E-state index in [0.717, 1.165) is 16.7 Å². The highest BCUT2D eigenvalue weighted by Crippen LogP contribution is 2.30. The number of carbonyl (C=O) groups excluding carboxylic acids is 2. The molecule has 0 unspecified atom stereocenters. The van der Waals surface area contributed by atoms with E-state index in [1.807, 2.05) is 43.3 Å². The smallest absolute Gasteiger partial charge is 0.338 e. The van der Waals surface area contributed by atoms with Gasteiger partial charge in [0.25, 0.3) is 0 Å². The van der Waals surface area contributed by atoms with Crippen molar-refractivity contribution in [2.24, 2.45) is 0 Å². The number of rotatable bonds is 9. The van der Waals surface area contributed by atoms with Crippen molar-refractivity contribution in [2.75, 3.05) is 0 Å². The summed E-state index contributed by atoms with van der Waals surface area (Å²) in [7, 11) is 0. The maximum atomic E-state index is 14.9. The second-order valence-corrected chi connectivity index (χ2v) is 9.47. The van der Waals surface area contributed by atoms with Crippen LogP contribution in [-0.4, -0.2) is 11.9 Å². The molecule has 0 saturated heterocycles. The Balaban J connectivity index is 1.39. The number of carbonyl (C=O) groups is 2. The van der Waals surface area contributed by atoms with Gasteiger partial charge in [-0.1, -0.05) is 55.6 Å². The number of hydrogen-bond acceptors (Lipinski definition) is 5. The molecule has 0 fully saturated rings. The Labute approximate surface area is 233 Å². The van der Waals surface area contributed by atoms with Crippen LogP contribution >= 0.6 is 0 Å². The molecule has 4 aromatic carbocycles. The fraction of sp³-hybridized carbons (Fsp3) is 0.118. The topological polar surface area (TPSA) is 61.8 Å². The third-order valence-corrected chi connectivity index (χ3v) is 6.09. The fourth-order valence-electron chi connectivity index (χ4n) is 3.89. The predicted molar refractivity (Wildman–Crippen MR) is 154 cm³/mol. The van der Waals surface area contributed by atoms with Crippen molar-refractivity contribution in [1.29, 1.82) is 0 Å². The van der Waals surface area contributed by atoms with E-state index in [-0.39, 0.29) is 12.4 Å². The third kappa shape index (κ3) is 6.91. The van der Waals surface area contributed by atoms with Crippen LogP contribution in [0.3, 0.4) is 0 Å². The van der Waals surface area contributed by atoms with Crippen molar-refractivity contribution in [3.8, 4) is 39.5 Å². The summed E-state index contributed by atoms with van der Waals surface area (Å²) in [5.74, 6) is 0.135. The first-order valence-corrected chi connectivity index (χ1v) is 12.6. The summed E-state index contributed by atoms with van der Waals surface area (Å²) in [5, 5.41) is 0. The van der Waals surface area contributed by atoms with Crippen LogP contribution in [0.25, 0.3) is 22.3 Å². The summed E-state index contributed by atoms with van der Waals surface area (Å²) in [5.41, 5.74) is 5.41. The normalized spacial score (nSPS) is 10.5. The van der Waals surface area contributed by atoms with Gasteiger partial charge in [0.05, 0.1) is 0 Å². The number of aryl methyl sites for hydroxylation is 1. The lowest BCUT2D eigenvalue weighted by Crippen LogP contribution is -2.07. The molecule has 0 aliphatic heterocycles. The van der Waals surface area contributed by atoms with Crippen molar-refractivity contribution >= 4 is 11.9 Å². The average molecular weight is 537 g/mol. The molecule has 0 bridgehead atoms. The van der Waals surface area contributed by atoms with Gasteiger partial charge < -0.3 is 14.2 Å². The molecule has 4 aromatic rings. The van der Waals surface area contributed by atoms with E-state index in [9.17, 15) is 14.0 Å². The molecular weight excluding hydrogens is 507 g/mol. The quantitative estimate of drug-likeness (QED) is 0.123. The molecule has 202 valence electrons. The molecule has 0 spiro atoms. The van der Waals surface area contributed by atoms with Crippen LogP contribution in [0, 0.1) is 12.7 Å². The van der Waals surface area contributed by atoms with Crippen LogP contribution in [-0.2, 0) is 16.2 Å². The summed E-state index contributed by atoms with van der Waals surface area (Å²) in [6.45, 7) is 12.5. The maximum absolute atomic E-state index is 14.9. The Morgan fingerprint density at radius 2 is 1.15 bits per heavy atom. The lowest BCUT2D eigenvalue weighted by molar-refractivity contribution is -0.130. The minimum Gasteiger partial charge on any atom is -0.489 e. The van der Waals surface area contributed by atoms with E-state index >= 15 is 0 Å². The molecule has 0 saturated carbocycles. The van der Waals surface area contributed by atoms with Gasteiger partial charge in [0, 0.05) is 16.7 Å². The highest BCUT2D eigenvalue weighted by atomic mass is 19.1. The minimum absolute atomic E-state index is 0.203. The summed E-state index contributed by atoms with van der Waals surface area (Å²) in [4.78, 5) is 23.4. The lowest BCUT2D eigenvalue weighted by Gasteiger charge is -2.12. The van der Waals surface area contributed by atoms with Crippen molar-refractivity contribution in [2.45, 2.75) is 27.4 Å². The Bertz CT molecular complexity index is 1460. The average Bonchev–Trinajstić information content (AvgIpc) is 2.93. The highest BCUT2D eigenvalue weighted by molar-refractivity contribution is 5.89. The van der Waals surface area contributed by atoms with Gasteiger partial charge in [-0.25, -0.2) is 14.0 Å². The molecule has 0 aliphatic rings. The lowest BCUT2D eigenvalue weighted by atomic mass is 10.0. The number of benzene rings is 4. The number of ether oxygens (including phenoxy) is 3. The van der Waals surface area contributed by atoms with E-state index in [1.165, 1.54) is 6.07 Å². The Hall–Kier alpha value is -4.97. The van der Waals surface area contributed by atoms with Crippen molar-refractivity contribution in [3.05, 3.63) is 126 Å². The van der Waals surface area contributed by atoms with Gasteiger partial charge in [-0.05, 0) is 91.1 Å². The zero-order valence-electron chi connectivity index (χ0n) is 22.6. The van der Waals surface area contributed by atoms with Crippen molar-refractivity contribution in [1.82, 2.24) is 0 Å². The van der Waals surface area contributed by atoms with E-state index in [2.05, 4.69) is 13.2 Å². The molecule has 0 heterocycles. The Morgan fingerprint density at radius 3 is 1.62 bits per heavy atom. The molecule has 6 heteroatoms. The van der Waals surface area contributed by atoms with Crippen LogP contribution in [0.1, 0.15) is 25.0 Å². The van der Waals surface area contributed by atoms with E-state index in [1.54, 1.807) is 56.3 Å². The van der Waals surface area contributed by atoms with E-state index in [4.69, 9.17) is 14.2 Å². The van der Waals surface area contributed by atoms with Gasteiger partial charge in [-0.3, -0.25) is 0 Å². The molecule has 0 N–H and O–H groups in total. The first kappa shape index (κ1) is 28.0. The van der Waals surface area contributed by atoms with Gasteiger partial charge in [0.2, 0.25) is 0 Å². The molecular formula is C34H29FO5. The molecule has 0 radical (unpaired) electrons. The second kappa shape index (κ2) is 12.3. The molecule has 0 amide bonds. The Morgan fingerprint density at radius 1 is 0.675 bits per heavy atom. The molecule has 0 aliphatic carbocycles. The van der Waals surface area contributed by atoms with Crippen molar-refractivity contribution in [3.63, 3.8) is 0 Å². The number of halogens is 1. The summed E-state index contributed by atoms with van der Waals surface area (Å²) < 4.78 is 31.3. The predicted octanol–water partition coefficient (Wildman–Crippen LogP) is 8.01. The largest absolute Gasteiger partial charge is 0.489 e. The summed E-state index contributed by atoms with van der Waals surface area (Å²) in [6, 6.07) is 24.6. The molecule has 5 nitrogen and oxygen atoms in total. The molecule has 0 atom stereocenters. The van der Waals surface area contributed by atoms with Gasteiger partial charge in [0.1, 0.15) is 29.7 Å². The third-order valence-electron chi connectivity index (χ3n) is 6.09. The fourth-order valence-corrected chi connectivity index (χ4v) is 3.89. The van der Waals surface area contributed by atoms with Crippen molar-refractivity contribution < 1.29 is 28.2 Å². The zero-order chi connectivity index (χ0) is 28.8. The summed E-state index contributed by atoms with van der Waals surface area (Å²) >= 11 is 0.